The quantitative estimate of drug-likeness (QED) is 0.683. The second-order valence-electron chi connectivity index (χ2n) is 4.89. The molecule has 104 valence electrons. The van der Waals surface area contributed by atoms with Crippen molar-refractivity contribution in [3.63, 3.8) is 0 Å². The van der Waals surface area contributed by atoms with E-state index in [1.165, 1.54) is 12.7 Å². The lowest BCUT2D eigenvalue weighted by Crippen LogP contribution is -2.10. The number of methoxy groups -OCH3 is 1. The first kappa shape index (κ1) is 14.1. The van der Waals surface area contributed by atoms with Crippen molar-refractivity contribution in [1.29, 1.82) is 0 Å². The van der Waals surface area contributed by atoms with E-state index in [0.29, 0.717) is 11.3 Å². The number of para-hydroxylation sites is 1. The van der Waals surface area contributed by atoms with Crippen molar-refractivity contribution in [2.45, 2.75) is 19.3 Å². The highest BCUT2D eigenvalue weighted by atomic mass is 16.5. The van der Waals surface area contributed by atoms with Gasteiger partial charge in [0.15, 0.2) is 0 Å². The van der Waals surface area contributed by atoms with Crippen LogP contribution in [-0.4, -0.2) is 13.1 Å². The van der Waals surface area contributed by atoms with Crippen LogP contribution in [0.4, 0.5) is 5.69 Å². The van der Waals surface area contributed by atoms with Crippen LogP contribution in [0.2, 0.25) is 0 Å². The van der Waals surface area contributed by atoms with E-state index in [0.717, 1.165) is 12.0 Å². The van der Waals surface area contributed by atoms with Gasteiger partial charge in [-0.2, -0.15) is 0 Å². The summed E-state index contributed by atoms with van der Waals surface area (Å²) >= 11 is 0. The molecule has 1 unspecified atom stereocenters. The van der Waals surface area contributed by atoms with Crippen molar-refractivity contribution in [2.75, 3.05) is 12.8 Å². The van der Waals surface area contributed by atoms with Crippen molar-refractivity contribution in [1.82, 2.24) is 0 Å². The molecule has 0 fully saturated rings. The van der Waals surface area contributed by atoms with E-state index in [1.54, 1.807) is 6.07 Å². The van der Waals surface area contributed by atoms with Gasteiger partial charge in [0.05, 0.1) is 12.7 Å². The molecule has 0 saturated heterocycles. The fourth-order valence-electron chi connectivity index (χ4n) is 2.38. The van der Waals surface area contributed by atoms with Gasteiger partial charge in [-0.3, -0.25) is 0 Å². The molecule has 0 bridgehead atoms. The molecule has 0 aliphatic rings. The topological polar surface area (TPSA) is 52.3 Å². The summed E-state index contributed by atoms with van der Waals surface area (Å²) < 4.78 is 4.75. The summed E-state index contributed by atoms with van der Waals surface area (Å²) in [5, 5.41) is 0. The Bertz CT molecular complexity index is 593. The smallest absolute Gasteiger partial charge is 0.339 e. The number of ether oxygens (including phenoxy) is 1. The van der Waals surface area contributed by atoms with Gasteiger partial charge in [0.1, 0.15) is 0 Å². The van der Waals surface area contributed by atoms with Crippen molar-refractivity contribution >= 4 is 11.7 Å². The molecule has 2 rings (SSSR count). The maximum absolute atomic E-state index is 11.7. The van der Waals surface area contributed by atoms with Crippen LogP contribution in [0.5, 0.6) is 0 Å². The summed E-state index contributed by atoms with van der Waals surface area (Å²) in [5.41, 5.74) is 9.30. The number of anilines is 1. The van der Waals surface area contributed by atoms with Crippen LogP contribution in [0.1, 0.15) is 34.3 Å². The van der Waals surface area contributed by atoms with Crippen molar-refractivity contribution < 1.29 is 9.53 Å². The van der Waals surface area contributed by atoms with Gasteiger partial charge in [-0.1, -0.05) is 49.4 Å². The molecule has 2 aromatic rings. The maximum Gasteiger partial charge on any atom is 0.339 e. The first-order valence-corrected chi connectivity index (χ1v) is 6.64. The minimum atomic E-state index is -0.392. The molecule has 0 aromatic heterocycles. The van der Waals surface area contributed by atoms with E-state index < -0.39 is 5.97 Å². The van der Waals surface area contributed by atoms with E-state index in [4.69, 9.17) is 10.5 Å². The first-order valence-electron chi connectivity index (χ1n) is 6.64. The molecule has 0 aliphatic carbocycles. The number of carbonyl (C=O) groups excluding carboxylic acids is 1. The number of nitrogen functional groups attached to an aromatic ring is 1. The van der Waals surface area contributed by atoms with Gasteiger partial charge < -0.3 is 10.5 Å². The van der Waals surface area contributed by atoms with Crippen LogP contribution >= 0.6 is 0 Å². The van der Waals surface area contributed by atoms with Gasteiger partial charge in [-0.05, 0) is 29.5 Å². The van der Waals surface area contributed by atoms with Gasteiger partial charge in [0.2, 0.25) is 0 Å². The molecule has 0 spiro atoms. The Labute approximate surface area is 119 Å². The Morgan fingerprint density at radius 3 is 2.50 bits per heavy atom. The Balaban J connectivity index is 2.26. The van der Waals surface area contributed by atoms with Crippen molar-refractivity contribution in [2.24, 2.45) is 0 Å². The van der Waals surface area contributed by atoms with Crippen molar-refractivity contribution in [3.05, 3.63) is 65.2 Å². The third-order valence-corrected chi connectivity index (χ3v) is 3.46. The molecule has 3 nitrogen and oxygen atoms in total. The van der Waals surface area contributed by atoms with Crippen LogP contribution in [0, 0.1) is 0 Å². The van der Waals surface area contributed by atoms with E-state index in [-0.39, 0.29) is 5.92 Å². The van der Waals surface area contributed by atoms with Crippen LogP contribution in [0.15, 0.2) is 48.5 Å². The zero-order valence-electron chi connectivity index (χ0n) is 11.8. The van der Waals surface area contributed by atoms with Crippen LogP contribution in [0.3, 0.4) is 0 Å². The summed E-state index contributed by atoms with van der Waals surface area (Å²) in [5.74, 6) is -0.154. The number of esters is 1. The van der Waals surface area contributed by atoms with Gasteiger partial charge >= 0.3 is 5.97 Å². The Hall–Kier alpha value is -2.29. The van der Waals surface area contributed by atoms with Gasteiger partial charge in [0.25, 0.3) is 0 Å². The zero-order chi connectivity index (χ0) is 14.5. The Morgan fingerprint density at radius 2 is 1.85 bits per heavy atom. The lowest BCUT2D eigenvalue weighted by atomic mass is 9.91. The highest BCUT2D eigenvalue weighted by molar-refractivity contribution is 5.95. The van der Waals surface area contributed by atoms with Crippen LogP contribution in [-0.2, 0) is 11.2 Å². The van der Waals surface area contributed by atoms with Gasteiger partial charge in [-0.25, -0.2) is 4.79 Å². The van der Waals surface area contributed by atoms with E-state index in [1.807, 2.05) is 30.3 Å². The number of carbonyl (C=O) groups is 1. The standard InChI is InChI=1S/C17H19NO2/c1-12(11-13-7-4-3-5-8-13)14-9-6-10-15(16(14)18)17(19)20-2/h3-10,12H,11,18H2,1-2H3. The molecule has 0 amide bonds. The molecule has 0 aliphatic heterocycles. The maximum atomic E-state index is 11.7. The molecule has 0 heterocycles. The largest absolute Gasteiger partial charge is 0.465 e. The third-order valence-electron chi connectivity index (χ3n) is 3.46. The molecular formula is C17H19NO2. The highest BCUT2D eigenvalue weighted by Crippen LogP contribution is 2.28. The lowest BCUT2D eigenvalue weighted by Gasteiger charge is -2.16. The average Bonchev–Trinajstić information content (AvgIpc) is 2.47. The molecule has 1 atom stereocenters. The van der Waals surface area contributed by atoms with E-state index >= 15 is 0 Å². The fraction of sp³-hybridized carbons (Fsp3) is 0.235. The van der Waals surface area contributed by atoms with Crippen LogP contribution in [0.25, 0.3) is 0 Å². The summed E-state index contributed by atoms with van der Waals surface area (Å²) in [7, 11) is 1.36. The summed E-state index contributed by atoms with van der Waals surface area (Å²) in [6.07, 6.45) is 0.885. The molecule has 0 saturated carbocycles. The predicted octanol–water partition coefficient (Wildman–Crippen LogP) is 3.40. The van der Waals surface area contributed by atoms with E-state index in [2.05, 4.69) is 19.1 Å². The average molecular weight is 269 g/mol. The van der Waals surface area contributed by atoms with E-state index in [9.17, 15) is 4.79 Å². The summed E-state index contributed by atoms with van der Waals surface area (Å²) in [6.45, 7) is 2.11. The number of hydrogen-bond donors (Lipinski definition) is 1. The predicted molar refractivity (Wildman–Crippen MR) is 80.8 cm³/mol. The van der Waals surface area contributed by atoms with Crippen molar-refractivity contribution in [3.8, 4) is 0 Å². The molecule has 0 radical (unpaired) electrons. The molecular weight excluding hydrogens is 250 g/mol. The number of benzene rings is 2. The van der Waals surface area contributed by atoms with Crippen LogP contribution < -0.4 is 5.73 Å². The summed E-state index contributed by atoms with van der Waals surface area (Å²) in [4.78, 5) is 11.7. The number of rotatable bonds is 4. The molecule has 2 N–H and O–H groups in total. The Morgan fingerprint density at radius 1 is 1.15 bits per heavy atom. The number of nitrogens with two attached hydrogens (primary N) is 1. The second-order valence-corrected chi connectivity index (χ2v) is 4.89. The zero-order valence-corrected chi connectivity index (χ0v) is 11.8. The summed E-state index contributed by atoms with van der Waals surface area (Å²) in [6, 6.07) is 15.7. The highest BCUT2D eigenvalue weighted by Gasteiger charge is 2.16. The fourth-order valence-corrected chi connectivity index (χ4v) is 2.38. The number of hydrogen-bond acceptors (Lipinski definition) is 3. The molecule has 3 heteroatoms. The second kappa shape index (κ2) is 6.24. The minimum Gasteiger partial charge on any atom is -0.465 e. The monoisotopic (exact) mass is 269 g/mol. The molecule has 2 aromatic carbocycles. The lowest BCUT2D eigenvalue weighted by molar-refractivity contribution is 0.0602. The SMILES string of the molecule is COC(=O)c1cccc(C(C)Cc2ccccc2)c1N. The third kappa shape index (κ3) is 2.99. The van der Waals surface area contributed by atoms with Gasteiger partial charge in [-0.15, -0.1) is 0 Å². The normalized spacial score (nSPS) is 11.9. The first-order chi connectivity index (χ1) is 9.63. The molecule has 20 heavy (non-hydrogen) atoms. The Kier molecular flexibility index (Phi) is 4.41. The minimum absolute atomic E-state index is 0.238. The van der Waals surface area contributed by atoms with Gasteiger partial charge in [0, 0.05) is 5.69 Å².